The highest BCUT2D eigenvalue weighted by Gasteiger charge is 2.26. The van der Waals surface area contributed by atoms with E-state index in [1.807, 2.05) is 27.7 Å². The van der Waals surface area contributed by atoms with Crippen LogP contribution in [0.15, 0.2) is 33.9 Å². The van der Waals surface area contributed by atoms with E-state index in [0.717, 1.165) is 6.42 Å². The number of nitrogen functional groups attached to an aromatic ring is 1. The summed E-state index contributed by atoms with van der Waals surface area (Å²) in [5.74, 6) is -0.304. The van der Waals surface area contributed by atoms with Crippen molar-refractivity contribution in [1.82, 2.24) is 14.5 Å². The number of aromatic amines is 1. The Hall–Kier alpha value is -3.47. The number of amides is 1. The first-order valence-corrected chi connectivity index (χ1v) is 11.3. The number of aromatic nitrogens is 2. The summed E-state index contributed by atoms with van der Waals surface area (Å²) in [6.45, 7) is 8.15. The van der Waals surface area contributed by atoms with E-state index in [-0.39, 0.29) is 48.1 Å². The SMILES string of the molecule is CCCCN(C(=O)CN(C)C(C)c1cccc([N+](=O)[O-])c1)c1c(N)n(CC(C)C)c(=O)[nH]c1=O. The Morgan fingerprint density at radius 2 is 1.94 bits per heavy atom. The van der Waals surface area contributed by atoms with Crippen LogP contribution in [-0.2, 0) is 11.3 Å². The molecule has 1 amide bonds. The number of non-ortho nitro benzene ring substituents is 1. The van der Waals surface area contributed by atoms with E-state index in [2.05, 4.69) is 4.98 Å². The van der Waals surface area contributed by atoms with Gasteiger partial charge in [-0.05, 0) is 31.9 Å². The lowest BCUT2D eigenvalue weighted by Crippen LogP contribution is -2.45. The van der Waals surface area contributed by atoms with Gasteiger partial charge in [0.1, 0.15) is 5.82 Å². The minimum absolute atomic E-state index is 0.0274. The molecule has 0 spiro atoms. The van der Waals surface area contributed by atoms with E-state index in [1.54, 1.807) is 24.1 Å². The highest BCUT2D eigenvalue weighted by atomic mass is 16.6. The summed E-state index contributed by atoms with van der Waals surface area (Å²) in [6.07, 6.45) is 1.42. The second-order valence-corrected chi connectivity index (χ2v) is 8.84. The van der Waals surface area contributed by atoms with Gasteiger partial charge in [-0.15, -0.1) is 0 Å². The predicted molar refractivity (Wildman–Crippen MR) is 132 cm³/mol. The van der Waals surface area contributed by atoms with E-state index >= 15 is 0 Å². The van der Waals surface area contributed by atoms with Crippen molar-refractivity contribution < 1.29 is 9.72 Å². The Morgan fingerprint density at radius 1 is 1.26 bits per heavy atom. The van der Waals surface area contributed by atoms with Gasteiger partial charge < -0.3 is 10.6 Å². The summed E-state index contributed by atoms with van der Waals surface area (Å²) < 4.78 is 1.28. The van der Waals surface area contributed by atoms with Crippen LogP contribution in [-0.4, -0.2) is 45.4 Å². The number of carbonyl (C=O) groups excluding carboxylic acids is 1. The first-order valence-electron chi connectivity index (χ1n) is 11.3. The van der Waals surface area contributed by atoms with Crippen molar-refractivity contribution >= 4 is 23.1 Å². The van der Waals surface area contributed by atoms with Crippen LogP contribution in [0.25, 0.3) is 0 Å². The van der Waals surface area contributed by atoms with E-state index in [9.17, 15) is 24.5 Å². The van der Waals surface area contributed by atoms with Gasteiger partial charge in [-0.3, -0.25) is 34.2 Å². The number of nitrogens with one attached hydrogen (secondary N) is 1. The highest BCUT2D eigenvalue weighted by Crippen LogP contribution is 2.24. The second-order valence-electron chi connectivity index (χ2n) is 8.84. The molecule has 0 aliphatic heterocycles. The van der Waals surface area contributed by atoms with Gasteiger partial charge in [0.25, 0.3) is 11.2 Å². The van der Waals surface area contributed by atoms with Crippen LogP contribution >= 0.6 is 0 Å². The van der Waals surface area contributed by atoms with Crippen molar-refractivity contribution in [2.75, 3.05) is 30.8 Å². The lowest BCUT2D eigenvalue weighted by Gasteiger charge is -2.29. The number of nitrogens with zero attached hydrogens (tertiary/aromatic N) is 4. The van der Waals surface area contributed by atoms with Gasteiger partial charge in [0.05, 0.1) is 11.5 Å². The molecular formula is C23H34N6O5. The molecule has 186 valence electrons. The van der Waals surface area contributed by atoms with Gasteiger partial charge in [-0.2, -0.15) is 0 Å². The minimum atomic E-state index is -0.707. The molecule has 2 aromatic rings. The number of rotatable bonds is 11. The lowest BCUT2D eigenvalue weighted by atomic mass is 10.1. The molecule has 0 saturated carbocycles. The molecule has 1 heterocycles. The van der Waals surface area contributed by atoms with Crippen LogP contribution < -0.4 is 21.9 Å². The zero-order chi connectivity index (χ0) is 25.6. The number of hydrogen-bond acceptors (Lipinski definition) is 7. The highest BCUT2D eigenvalue weighted by molar-refractivity contribution is 5.96. The number of anilines is 2. The average molecular weight is 475 g/mol. The lowest BCUT2D eigenvalue weighted by molar-refractivity contribution is -0.384. The molecule has 34 heavy (non-hydrogen) atoms. The molecule has 0 aliphatic carbocycles. The van der Waals surface area contributed by atoms with Gasteiger partial charge in [0.2, 0.25) is 5.91 Å². The summed E-state index contributed by atoms with van der Waals surface area (Å²) in [5.41, 5.74) is 5.55. The third-order valence-electron chi connectivity index (χ3n) is 5.68. The van der Waals surface area contributed by atoms with E-state index in [0.29, 0.717) is 18.5 Å². The van der Waals surface area contributed by atoms with Crippen molar-refractivity contribution in [3.8, 4) is 0 Å². The van der Waals surface area contributed by atoms with Gasteiger partial charge in [-0.25, -0.2) is 4.79 Å². The number of nitro benzene ring substituents is 1. The summed E-state index contributed by atoms with van der Waals surface area (Å²) >= 11 is 0. The van der Waals surface area contributed by atoms with Crippen molar-refractivity contribution in [3.05, 3.63) is 60.8 Å². The maximum atomic E-state index is 13.4. The molecule has 1 atom stereocenters. The van der Waals surface area contributed by atoms with Crippen LogP contribution in [0, 0.1) is 16.0 Å². The van der Waals surface area contributed by atoms with Gasteiger partial charge in [0, 0.05) is 31.3 Å². The standard InChI is InChI=1S/C23H34N6O5/c1-6-7-11-27(20-21(24)28(13-15(2)3)23(32)25-22(20)31)19(30)14-26(5)16(4)17-9-8-10-18(12-17)29(33)34/h8-10,12,15-16H,6-7,11,13-14,24H2,1-5H3,(H,25,31,32). The number of H-pyrrole nitrogens is 1. The third-order valence-corrected chi connectivity index (χ3v) is 5.68. The van der Waals surface area contributed by atoms with Gasteiger partial charge in [-0.1, -0.05) is 39.3 Å². The number of unbranched alkanes of at least 4 members (excludes halogenated alkanes) is 1. The number of carbonyl (C=O) groups is 1. The van der Waals surface area contributed by atoms with Crippen molar-refractivity contribution in [2.24, 2.45) is 5.92 Å². The maximum absolute atomic E-state index is 13.4. The van der Waals surface area contributed by atoms with Crippen molar-refractivity contribution in [2.45, 2.75) is 53.1 Å². The predicted octanol–water partition coefficient (Wildman–Crippen LogP) is 2.51. The van der Waals surface area contributed by atoms with Crippen LogP contribution in [0.5, 0.6) is 0 Å². The number of hydrogen-bond donors (Lipinski definition) is 2. The first-order chi connectivity index (χ1) is 16.0. The van der Waals surface area contributed by atoms with Gasteiger partial charge >= 0.3 is 5.69 Å². The topological polar surface area (TPSA) is 148 Å². The van der Waals surface area contributed by atoms with Crippen LogP contribution in [0.1, 0.15) is 52.1 Å². The third kappa shape index (κ3) is 6.31. The molecule has 0 bridgehead atoms. The smallest absolute Gasteiger partial charge is 0.330 e. The zero-order valence-corrected chi connectivity index (χ0v) is 20.4. The Labute approximate surface area is 198 Å². The minimum Gasteiger partial charge on any atom is -0.383 e. The molecule has 0 saturated heterocycles. The maximum Gasteiger partial charge on any atom is 0.330 e. The van der Waals surface area contributed by atoms with Crippen LogP contribution in [0.2, 0.25) is 0 Å². The molecule has 0 aliphatic rings. The fourth-order valence-electron chi connectivity index (χ4n) is 3.65. The zero-order valence-electron chi connectivity index (χ0n) is 20.4. The Kier molecular flexibility index (Phi) is 9.13. The van der Waals surface area contributed by atoms with E-state index in [4.69, 9.17) is 5.73 Å². The van der Waals surface area contributed by atoms with Crippen LogP contribution in [0.4, 0.5) is 17.2 Å². The number of benzene rings is 1. The molecule has 11 nitrogen and oxygen atoms in total. The molecule has 3 N–H and O–H groups in total. The summed E-state index contributed by atoms with van der Waals surface area (Å²) in [6, 6.07) is 5.95. The monoisotopic (exact) mass is 474 g/mol. The largest absolute Gasteiger partial charge is 0.383 e. The van der Waals surface area contributed by atoms with Crippen molar-refractivity contribution in [1.29, 1.82) is 0 Å². The Morgan fingerprint density at radius 3 is 2.53 bits per heavy atom. The Bertz CT molecular complexity index is 1140. The van der Waals surface area contributed by atoms with Gasteiger partial charge in [0.15, 0.2) is 5.69 Å². The Balaban J connectivity index is 2.38. The van der Waals surface area contributed by atoms with Crippen LogP contribution in [0.3, 0.4) is 0 Å². The normalized spacial score (nSPS) is 12.2. The molecule has 0 fully saturated rings. The fraction of sp³-hybridized carbons (Fsp3) is 0.522. The van der Waals surface area contributed by atoms with E-state index in [1.165, 1.54) is 21.6 Å². The molecular weight excluding hydrogens is 440 g/mol. The van der Waals surface area contributed by atoms with E-state index < -0.39 is 16.2 Å². The summed E-state index contributed by atoms with van der Waals surface area (Å²) in [4.78, 5) is 54.4. The van der Waals surface area contributed by atoms with Crippen molar-refractivity contribution in [3.63, 3.8) is 0 Å². The number of nitro groups is 1. The molecule has 0 radical (unpaired) electrons. The molecule has 11 heteroatoms. The quantitative estimate of drug-likeness (QED) is 0.375. The summed E-state index contributed by atoms with van der Waals surface area (Å²) in [7, 11) is 1.73. The number of nitrogens with two attached hydrogens (primary N) is 1. The first kappa shape index (κ1) is 26.8. The second kappa shape index (κ2) is 11.6. The molecule has 1 aromatic carbocycles. The fourth-order valence-corrected chi connectivity index (χ4v) is 3.65. The number of likely N-dealkylation sites (N-methyl/N-ethyl adjacent to an activating group) is 1. The summed E-state index contributed by atoms with van der Waals surface area (Å²) in [5, 5.41) is 11.1. The molecule has 1 aromatic heterocycles. The molecule has 2 rings (SSSR count). The average Bonchev–Trinajstić information content (AvgIpc) is 2.77. The molecule has 1 unspecified atom stereocenters.